The first-order valence-corrected chi connectivity index (χ1v) is 12.0. The SMILES string of the molecule is Cc1cccc(NC(=O)c2ccccc2N(Cc2ccccc2)S(=O)(=O)c2ccccc2)c1. The van der Waals surface area contributed by atoms with Gasteiger partial charge in [-0.1, -0.05) is 72.8 Å². The van der Waals surface area contributed by atoms with Crippen molar-refractivity contribution in [2.75, 3.05) is 9.62 Å². The summed E-state index contributed by atoms with van der Waals surface area (Å²) < 4.78 is 28.7. The monoisotopic (exact) mass is 456 g/mol. The average molecular weight is 457 g/mol. The second kappa shape index (κ2) is 9.71. The van der Waals surface area contributed by atoms with Gasteiger partial charge in [0.25, 0.3) is 15.9 Å². The summed E-state index contributed by atoms with van der Waals surface area (Å²) in [5.74, 6) is -0.377. The molecule has 0 bridgehead atoms. The molecule has 0 aliphatic carbocycles. The van der Waals surface area contributed by atoms with Crippen LogP contribution in [-0.2, 0) is 16.6 Å². The van der Waals surface area contributed by atoms with E-state index in [0.29, 0.717) is 11.4 Å². The fraction of sp³-hybridized carbons (Fsp3) is 0.0741. The minimum Gasteiger partial charge on any atom is -0.322 e. The van der Waals surface area contributed by atoms with E-state index in [0.717, 1.165) is 11.1 Å². The molecule has 1 N–H and O–H groups in total. The normalized spacial score (nSPS) is 11.1. The molecule has 0 aromatic heterocycles. The number of sulfonamides is 1. The molecular formula is C27H24N2O3S. The number of aryl methyl sites for hydroxylation is 1. The van der Waals surface area contributed by atoms with Gasteiger partial charge in [-0.25, -0.2) is 8.42 Å². The molecule has 0 spiro atoms. The minimum atomic E-state index is -3.93. The van der Waals surface area contributed by atoms with Crippen molar-refractivity contribution in [3.63, 3.8) is 0 Å². The maximum atomic E-state index is 13.7. The molecule has 0 fully saturated rings. The van der Waals surface area contributed by atoms with Crippen LogP contribution in [0.2, 0.25) is 0 Å². The van der Waals surface area contributed by atoms with E-state index >= 15 is 0 Å². The molecule has 33 heavy (non-hydrogen) atoms. The Balaban J connectivity index is 1.78. The predicted molar refractivity (Wildman–Crippen MR) is 132 cm³/mol. The number of carbonyl (C=O) groups is 1. The maximum absolute atomic E-state index is 13.7. The van der Waals surface area contributed by atoms with Crippen molar-refractivity contribution >= 4 is 27.3 Å². The third-order valence-corrected chi connectivity index (χ3v) is 6.97. The number of anilines is 2. The lowest BCUT2D eigenvalue weighted by atomic mass is 10.1. The Bertz CT molecular complexity index is 1350. The number of nitrogens with zero attached hydrogens (tertiary/aromatic N) is 1. The number of amides is 1. The van der Waals surface area contributed by atoms with Crippen LogP contribution in [0, 0.1) is 6.92 Å². The number of rotatable bonds is 7. The van der Waals surface area contributed by atoms with Gasteiger partial charge in [0.05, 0.1) is 22.7 Å². The van der Waals surface area contributed by atoms with Crippen LogP contribution in [0.3, 0.4) is 0 Å². The van der Waals surface area contributed by atoms with Crippen molar-refractivity contribution in [1.82, 2.24) is 0 Å². The number of para-hydroxylation sites is 1. The van der Waals surface area contributed by atoms with E-state index in [2.05, 4.69) is 5.32 Å². The Kier molecular flexibility index (Phi) is 6.56. The van der Waals surface area contributed by atoms with Crippen LogP contribution in [0.25, 0.3) is 0 Å². The zero-order valence-electron chi connectivity index (χ0n) is 18.2. The molecule has 0 radical (unpaired) electrons. The molecule has 0 saturated carbocycles. The Morgan fingerprint density at radius 3 is 2.12 bits per heavy atom. The van der Waals surface area contributed by atoms with Crippen LogP contribution < -0.4 is 9.62 Å². The van der Waals surface area contributed by atoms with Gasteiger partial charge in [-0.15, -0.1) is 0 Å². The molecule has 4 aromatic carbocycles. The van der Waals surface area contributed by atoms with Crippen LogP contribution >= 0.6 is 0 Å². The predicted octanol–water partition coefficient (Wildman–Crippen LogP) is 5.64. The molecule has 4 aromatic rings. The van der Waals surface area contributed by atoms with Crippen molar-refractivity contribution in [2.24, 2.45) is 0 Å². The number of hydrogen-bond acceptors (Lipinski definition) is 3. The third-order valence-electron chi connectivity index (χ3n) is 5.19. The average Bonchev–Trinajstić information content (AvgIpc) is 2.84. The van der Waals surface area contributed by atoms with Gasteiger partial charge in [0.2, 0.25) is 0 Å². The van der Waals surface area contributed by atoms with Crippen molar-refractivity contribution in [3.8, 4) is 0 Å². The highest BCUT2D eigenvalue weighted by molar-refractivity contribution is 7.92. The minimum absolute atomic E-state index is 0.0901. The highest BCUT2D eigenvalue weighted by Gasteiger charge is 2.28. The van der Waals surface area contributed by atoms with Gasteiger partial charge >= 0.3 is 0 Å². The Labute approximate surface area is 194 Å². The van der Waals surface area contributed by atoms with E-state index in [4.69, 9.17) is 0 Å². The highest BCUT2D eigenvalue weighted by Crippen LogP contribution is 2.30. The summed E-state index contributed by atoms with van der Waals surface area (Å²) >= 11 is 0. The van der Waals surface area contributed by atoms with Crippen LogP contribution in [0.1, 0.15) is 21.5 Å². The number of nitrogens with one attached hydrogen (secondary N) is 1. The van der Waals surface area contributed by atoms with E-state index in [1.807, 2.05) is 55.5 Å². The molecule has 0 saturated heterocycles. The zero-order valence-corrected chi connectivity index (χ0v) is 19.0. The Morgan fingerprint density at radius 2 is 1.42 bits per heavy atom. The molecule has 0 atom stereocenters. The summed E-state index contributed by atoms with van der Waals surface area (Å²) in [4.78, 5) is 13.4. The lowest BCUT2D eigenvalue weighted by molar-refractivity contribution is 0.102. The van der Waals surface area contributed by atoms with E-state index in [1.165, 1.54) is 4.31 Å². The summed E-state index contributed by atoms with van der Waals surface area (Å²) in [6, 6.07) is 31.8. The molecule has 0 heterocycles. The maximum Gasteiger partial charge on any atom is 0.264 e. The number of benzene rings is 4. The largest absolute Gasteiger partial charge is 0.322 e. The van der Waals surface area contributed by atoms with E-state index in [9.17, 15) is 13.2 Å². The first-order chi connectivity index (χ1) is 15.9. The molecule has 0 aliphatic heterocycles. The summed E-state index contributed by atoms with van der Waals surface area (Å²) in [5.41, 5.74) is 3.06. The van der Waals surface area contributed by atoms with Crippen LogP contribution in [0.5, 0.6) is 0 Å². The lowest BCUT2D eigenvalue weighted by Crippen LogP contribution is -2.32. The molecule has 5 nitrogen and oxygen atoms in total. The summed E-state index contributed by atoms with van der Waals surface area (Å²) in [6.45, 7) is 2.03. The Morgan fingerprint density at radius 1 is 0.788 bits per heavy atom. The molecule has 6 heteroatoms. The van der Waals surface area contributed by atoms with Crippen molar-refractivity contribution in [3.05, 3.63) is 126 Å². The van der Waals surface area contributed by atoms with Gasteiger partial charge < -0.3 is 5.32 Å². The summed E-state index contributed by atoms with van der Waals surface area (Å²) in [6.07, 6.45) is 0. The first-order valence-electron chi connectivity index (χ1n) is 10.5. The van der Waals surface area contributed by atoms with Crippen LogP contribution in [0.4, 0.5) is 11.4 Å². The van der Waals surface area contributed by atoms with Crippen molar-refractivity contribution in [1.29, 1.82) is 0 Å². The fourth-order valence-electron chi connectivity index (χ4n) is 3.57. The van der Waals surface area contributed by atoms with Crippen LogP contribution in [-0.4, -0.2) is 14.3 Å². The zero-order chi connectivity index (χ0) is 23.3. The lowest BCUT2D eigenvalue weighted by Gasteiger charge is -2.26. The summed E-state index contributed by atoms with van der Waals surface area (Å²) in [7, 11) is -3.93. The highest BCUT2D eigenvalue weighted by atomic mass is 32.2. The Hall–Kier alpha value is -3.90. The molecular weight excluding hydrogens is 432 g/mol. The molecule has 0 aliphatic rings. The van der Waals surface area contributed by atoms with E-state index < -0.39 is 10.0 Å². The fourth-order valence-corrected chi connectivity index (χ4v) is 5.07. The summed E-state index contributed by atoms with van der Waals surface area (Å²) in [5, 5.41) is 2.89. The third kappa shape index (κ3) is 5.13. The van der Waals surface area contributed by atoms with Crippen molar-refractivity contribution in [2.45, 2.75) is 18.4 Å². The number of hydrogen-bond donors (Lipinski definition) is 1. The topological polar surface area (TPSA) is 66.5 Å². The first kappa shape index (κ1) is 22.3. The second-order valence-corrected chi connectivity index (χ2v) is 9.51. The van der Waals surface area contributed by atoms with Crippen molar-refractivity contribution < 1.29 is 13.2 Å². The quantitative estimate of drug-likeness (QED) is 0.391. The second-order valence-electron chi connectivity index (χ2n) is 7.65. The molecule has 166 valence electrons. The van der Waals surface area contributed by atoms with Gasteiger partial charge in [-0.2, -0.15) is 0 Å². The van der Waals surface area contributed by atoms with E-state index in [1.54, 1.807) is 60.7 Å². The molecule has 4 rings (SSSR count). The smallest absolute Gasteiger partial charge is 0.264 e. The van der Waals surface area contributed by atoms with Gasteiger partial charge in [0.1, 0.15) is 0 Å². The number of carbonyl (C=O) groups excluding carboxylic acids is 1. The van der Waals surface area contributed by atoms with E-state index in [-0.39, 0.29) is 22.9 Å². The standard InChI is InChI=1S/C27H24N2O3S/c1-21-11-10-14-23(19-21)28-27(30)25-17-8-9-18-26(25)29(20-22-12-4-2-5-13-22)33(31,32)24-15-6-3-7-16-24/h2-19H,20H2,1H3,(H,28,30). The van der Waals surface area contributed by atoms with Gasteiger partial charge in [0.15, 0.2) is 0 Å². The van der Waals surface area contributed by atoms with Gasteiger partial charge in [-0.3, -0.25) is 9.10 Å². The molecule has 0 unspecified atom stereocenters. The van der Waals surface area contributed by atoms with Crippen LogP contribution in [0.15, 0.2) is 114 Å². The molecule has 1 amide bonds. The van der Waals surface area contributed by atoms with Gasteiger partial charge in [0, 0.05) is 5.69 Å². The van der Waals surface area contributed by atoms with Gasteiger partial charge in [-0.05, 0) is 54.4 Å².